The molecule has 0 saturated carbocycles. The number of nitrogens with zero attached hydrogens (tertiary/aromatic N) is 1. The highest BCUT2D eigenvalue weighted by Gasteiger charge is 2.34. The predicted octanol–water partition coefficient (Wildman–Crippen LogP) is 1.54. The van der Waals surface area contributed by atoms with Gasteiger partial charge in [0.15, 0.2) is 0 Å². The summed E-state index contributed by atoms with van der Waals surface area (Å²) in [5.74, 6) is -0.452. The molecular formula is C16H20N2O4S2. The number of sulfonamides is 1. The van der Waals surface area contributed by atoms with Gasteiger partial charge in [-0.05, 0) is 17.5 Å². The number of carbonyl (C=O) groups is 1. The zero-order chi connectivity index (χ0) is 17.3. The van der Waals surface area contributed by atoms with Crippen molar-refractivity contribution in [3.8, 4) is 0 Å². The monoisotopic (exact) mass is 368 g/mol. The summed E-state index contributed by atoms with van der Waals surface area (Å²) in [5.41, 5.74) is 0. The maximum absolute atomic E-state index is 12.5. The van der Waals surface area contributed by atoms with E-state index in [-0.39, 0.29) is 23.6 Å². The van der Waals surface area contributed by atoms with Crippen LogP contribution in [0.1, 0.15) is 9.67 Å². The Morgan fingerprint density at radius 2 is 2.08 bits per heavy atom. The summed E-state index contributed by atoms with van der Waals surface area (Å²) in [6, 6.07) is 9.38. The molecule has 2 heterocycles. The fourth-order valence-electron chi connectivity index (χ4n) is 2.68. The second-order valence-electron chi connectivity index (χ2n) is 6.09. The van der Waals surface area contributed by atoms with Gasteiger partial charge < -0.3 is 10.1 Å². The van der Waals surface area contributed by atoms with Gasteiger partial charge in [0.2, 0.25) is 10.0 Å². The van der Waals surface area contributed by atoms with Gasteiger partial charge in [0.1, 0.15) is 0 Å². The maximum atomic E-state index is 12.5. The van der Waals surface area contributed by atoms with Gasteiger partial charge in [-0.25, -0.2) is 12.7 Å². The van der Waals surface area contributed by atoms with Crippen molar-refractivity contribution < 1.29 is 17.9 Å². The van der Waals surface area contributed by atoms with Crippen LogP contribution in [0, 0.1) is 5.92 Å². The van der Waals surface area contributed by atoms with Gasteiger partial charge >= 0.3 is 0 Å². The molecule has 2 aromatic rings. The van der Waals surface area contributed by atoms with E-state index in [1.807, 2.05) is 30.3 Å². The number of rotatable bonds is 5. The van der Waals surface area contributed by atoms with Gasteiger partial charge in [0.05, 0.1) is 29.9 Å². The Morgan fingerprint density at radius 3 is 2.79 bits per heavy atom. The fraction of sp³-hybridized carbons (Fsp3) is 0.438. The number of hydrogen-bond donors (Lipinski definition) is 1. The van der Waals surface area contributed by atoms with Crippen molar-refractivity contribution in [3.05, 3.63) is 35.2 Å². The van der Waals surface area contributed by atoms with Crippen LogP contribution in [-0.4, -0.2) is 57.7 Å². The summed E-state index contributed by atoms with van der Waals surface area (Å²) >= 11 is 1.43. The molecule has 1 saturated heterocycles. The highest BCUT2D eigenvalue weighted by molar-refractivity contribution is 7.89. The summed E-state index contributed by atoms with van der Waals surface area (Å²) in [6.07, 6.45) is 0. The summed E-state index contributed by atoms with van der Waals surface area (Å²) in [5, 5.41) is 3.96. The van der Waals surface area contributed by atoms with Gasteiger partial charge in [-0.3, -0.25) is 4.79 Å². The third-order valence-corrected chi connectivity index (χ3v) is 7.22. The molecule has 1 amide bonds. The van der Waals surface area contributed by atoms with Crippen molar-refractivity contribution in [2.24, 2.45) is 5.92 Å². The van der Waals surface area contributed by atoms with E-state index >= 15 is 0 Å². The Morgan fingerprint density at radius 1 is 1.33 bits per heavy atom. The fourth-order valence-corrected chi connectivity index (χ4v) is 4.81. The molecule has 130 valence electrons. The first-order valence-corrected chi connectivity index (χ1v) is 10.1. The van der Waals surface area contributed by atoms with Crippen LogP contribution in [0.5, 0.6) is 0 Å². The molecule has 24 heavy (non-hydrogen) atoms. The summed E-state index contributed by atoms with van der Waals surface area (Å²) in [7, 11) is -0.311. The molecule has 0 radical (unpaired) electrons. The van der Waals surface area contributed by atoms with Gasteiger partial charge in [-0.1, -0.05) is 18.2 Å². The van der Waals surface area contributed by atoms with E-state index in [1.165, 1.54) is 29.7 Å². The molecule has 1 N–H and O–H groups in total. The lowest BCUT2D eigenvalue weighted by atomic mass is 10.1. The van der Waals surface area contributed by atoms with Gasteiger partial charge in [0.25, 0.3) is 5.91 Å². The van der Waals surface area contributed by atoms with Crippen molar-refractivity contribution >= 4 is 37.4 Å². The van der Waals surface area contributed by atoms with Gasteiger partial charge in [-0.2, -0.15) is 0 Å². The third-order valence-electron chi connectivity index (χ3n) is 4.15. The van der Waals surface area contributed by atoms with Crippen molar-refractivity contribution in [1.82, 2.24) is 9.62 Å². The molecule has 1 aliphatic heterocycles. The van der Waals surface area contributed by atoms with Crippen molar-refractivity contribution in [1.29, 1.82) is 0 Å². The number of nitrogens with one attached hydrogen (secondary N) is 1. The minimum atomic E-state index is -3.33. The molecule has 1 aromatic heterocycles. The van der Waals surface area contributed by atoms with Crippen LogP contribution in [0.3, 0.4) is 0 Å². The smallest absolute Gasteiger partial charge is 0.261 e. The summed E-state index contributed by atoms with van der Waals surface area (Å²) < 4.78 is 31.8. The average molecular weight is 368 g/mol. The van der Waals surface area contributed by atoms with E-state index < -0.39 is 10.0 Å². The predicted molar refractivity (Wildman–Crippen MR) is 94.9 cm³/mol. The zero-order valence-corrected chi connectivity index (χ0v) is 15.2. The molecule has 8 heteroatoms. The largest absolute Gasteiger partial charge is 0.379 e. The van der Waals surface area contributed by atoms with Gasteiger partial charge in [0, 0.05) is 24.7 Å². The summed E-state index contributed by atoms with van der Waals surface area (Å²) in [4.78, 5) is 13.1. The first kappa shape index (κ1) is 17.3. The third kappa shape index (κ3) is 3.61. The van der Waals surface area contributed by atoms with Crippen LogP contribution in [0.4, 0.5) is 0 Å². The van der Waals surface area contributed by atoms with Crippen LogP contribution in [-0.2, 0) is 14.8 Å². The summed E-state index contributed by atoms with van der Waals surface area (Å²) in [6.45, 7) is 0.675. The number of ether oxygens (including phenoxy) is 1. The van der Waals surface area contributed by atoms with Crippen LogP contribution < -0.4 is 5.32 Å². The number of thiophene rings is 1. The average Bonchev–Trinajstić information content (AvgIpc) is 3.13. The Hall–Kier alpha value is -1.48. The molecule has 0 spiro atoms. The first-order valence-electron chi connectivity index (χ1n) is 7.64. The molecule has 1 aromatic carbocycles. The van der Waals surface area contributed by atoms with E-state index in [0.29, 0.717) is 18.1 Å². The van der Waals surface area contributed by atoms with E-state index in [4.69, 9.17) is 4.74 Å². The first-order chi connectivity index (χ1) is 11.4. The Bertz CT molecular complexity index is 812. The lowest BCUT2D eigenvalue weighted by Gasteiger charge is -2.20. The van der Waals surface area contributed by atoms with E-state index in [0.717, 1.165) is 10.1 Å². The molecule has 6 nitrogen and oxygen atoms in total. The maximum Gasteiger partial charge on any atom is 0.261 e. The standard InChI is InChI=1S/C16H20N2O4S2/c1-18(2)24(20,21)10-12-8-22-9-13(12)17-16(19)15-7-11-5-3-4-6-14(11)23-15/h3-7,12-13H,8-10H2,1-2H3,(H,17,19). The number of fused-ring (bicyclic) bond motifs is 1. The zero-order valence-electron chi connectivity index (χ0n) is 13.6. The molecule has 2 atom stereocenters. The minimum Gasteiger partial charge on any atom is -0.379 e. The minimum absolute atomic E-state index is 0.0304. The molecule has 0 aliphatic carbocycles. The second kappa shape index (κ2) is 6.79. The van der Waals surface area contributed by atoms with Crippen LogP contribution in [0.25, 0.3) is 10.1 Å². The molecular weight excluding hydrogens is 348 g/mol. The lowest BCUT2D eigenvalue weighted by molar-refractivity contribution is 0.0930. The van der Waals surface area contributed by atoms with E-state index in [1.54, 1.807) is 0 Å². The second-order valence-corrected chi connectivity index (χ2v) is 9.40. The van der Waals surface area contributed by atoms with E-state index in [2.05, 4.69) is 5.32 Å². The molecule has 0 bridgehead atoms. The molecule has 1 aliphatic rings. The van der Waals surface area contributed by atoms with Crippen LogP contribution in [0.15, 0.2) is 30.3 Å². The molecule has 3 rings (SSSR count). The topological polar surface area (TPSA) is 75.7 Å². The highest BCUT2D eigenvalue weighted by atomic mass is 32.2. The Kier molecular flexibility index (Phi) is 4.91. The lowest BCUT2D eigenvalue weighted by Crippen LogP contribution is -2.43. The highest BCUT2D eigenvalue weighted by Crippen LogP contribution is 2.26. The number of hydrogen-bond acceptors (Lipinski definition) is 5. The number of benzene rings is 1. The number of carbonyl (C=O) groups excluding carboxylic acids is 1. The number of amides is 1. The van der Waals surface area contributed by atoms with Crippen LogP contribution in [0.2, 0.25) is 0 Å². The van der Waals surface area contributed by atoms with Crippen molar-refractivity contribution in [2.45, 2.75) is 6.04 Å². The van der Waals surface area contributed by atoms with Crippen LogP contribution >= 0.6 is 11.3 Å². The molecule has 1 fully saturated rings. The Labute approximate surface area is 145 Å². The Balaban J connectivity index is 1.71. The quantitative estimate of drug-likeness (QED) is 0.869. The SMILES string of the molecule is CN(C)S(=O)(=O)CC1COCC1NC(=O)c1cc2ccccc2s1. The van der Waals surface area contributed by atoms with Crippen molar-refractivity contribution in [3.63, 3.8) is 0 Å². The molecule has 2 unspecified atom stereocenters. The van der Waals surface area contributed by atoms with Crippen molar-refractivity contribution in [2.75, 3.05) is 33.1 Å². The normalized spacial score (nSPS) is 21.5. The van der Waals surface area contributed by atoms with Gasteiger partial charge in [-0.15, -0.1) is 11.3 Å². The van der Waals surface area contributed by atoms with E-state index in [9.17, 15) is 13.2 Å².